The molecule has 0 bridgehead atoms. The standard InChI is InChI=1S/C36H48O9/c1-5-6-7-8-9-10-11-12-13-14-15-16-31(37)45-34-25-20-28-27(43-22-44-28)19-24(25)32(33-26(34)21-42-36(33)38)23-17-29(39-2)35(41-4)30(18-23)40-3/h17-20,26,32-34H,5-16,21-22H2,1-4H3/t26-,32+,33-,34-/m0/s1. The number of esters is 2. The van der Waals surface area contributed by atoms with Crippen LogP contribution in [0, 0.1) is 11.8 Å². The molecule has 1 saturated heterocycles. The summed E-state index contributed by atoms with van der Waals surface area (Å²) in [6.45, 7) is 2.51. The van der Waals surface area contributed by atoms with Crippen molar-refractivity contribution >= 4 is 11.9 Å². The van der Waals surface area contributed by atoms with Gasteiger partial charge in [-0.1, -0.05) is 71.1 Å². The van der Waals surface area contributed by atoms with Gasteiger partial charge in [0.25, 0.3) is 0 Å². The Morgan fingerprint density at radius 3 is 1.91 bits per heavy atom. The van der Waals surface area contributed by atoms with Crippen molar-refractivity contribution in [3.05, 3.63) is 41.0 Å². The fourth-order valence-corrected chi connectivity index (χ4v) is 7.08. The highest BCUT2D eigenvalue weighted by Gasteiger charge is 2.54. The smallest absolute Gasteiger partial charge is 0.310 e. The summed E-state index contributed by atoms with van der Waals surface area (Å²) in [5.41, 5.74) is 2.41. The molecule has 2 aromatic carbocycles. The van der Waals surface area contributed by atoms with Gasteiger partial charge >= 0.3 is 11.9 Å². The second kappa shape index (κ2) is 15.6. The van der Waals surface area contributed by atoms with Crippen LogP contribution < -0.4 is 23.7 Å². The Kier molecular flexibility index (Phi) is 11.3. The molecule has 2 heterocycles. The first-order valence-corrected chi connectivity index (χ1v) is 16.6. The molecular formula is C36H48O9. The highest BCUT2D eigenvalue weighted by Crippen LogP contribution is 2.56. The van der Waals surface area contributed by atoms with E-state index in [-0.39, 0.29) is 31.3 Å². The number of fused-ring (bicyclic) bond motifs is 3. The molecule has 0 aromatic heterocycles. The van der Waals surface area contributed by atoms with Gasteiger partial charge in [0, 0.05) is 23.8 Å². The molecule has 0 amide bonds. The number of hydrogen-bond acceptors (Lipinski definition) is 9. The Morgan fingerprint density at radius 1 is 0.756 bits per heavy atom. The summed E-state index contributed by atoms with van der Waals surface area (Å²) in [4.78, 5) is 26.6. The number of unbranched alkanes of at least 4 members (excludes halogenated alkanes) is 10. The third-order valence-electron chi connectivity index (χ3n) is 9.41. The van der Waals surface area contributed by atoms with Crippen LogP contribution in [-0.4, -0.2) is 46.7 Å². The van der Waals surface area contributed by atoms with Crippen molar-refractivity contribution in [1.82, 2.24) is 0 Å². The molecule has 0 unspecified atom stereocenters. The zero-order valence-electron chi connectivity index (χ0n) is 27.2. The van der Waals surface area contributed by atoms with Gasteiger partial charge in [0.2, 0.25) is 12.5 Å². The summed E-state index contributed by atoms with van der Waals surface area (Å²) >= 11 is 0. The van der Waals surface area contributed by atoms with Crippen LogP contribution in [-0.2, 0) is 19.1 Å². The number of benzene rings is 2. The third-order valence-corrected chi connectivity index (χ3v) is 9.41. The first-order chi connectivity index (χ1) is 22.0. The molecule has 2 aliphatic heterocycles. The van der Waals surface area contributed by atoms with Gasteiger partial charge in [0.1, 0.15) is 6.10 Å². The summed E-state index contributed by atoms with van der Waals surface area (Å²) in [7, 11) is 4.67. The number of ether oxygens (including phenoxy) is 7. The first-order valence-electron chi connectivity index (χ1n) is 16.6. The molecule has 5 rings (SSSR count). The average Bonchev–Trinajstić information content (AvgIpc) is 3.68. The first kappa shape index (κ1) is 32.8. The van der Waals surface area contributed by atoms with Crippen LogP contribution in [0.25, 0.3) is 0 Å². The Labute approximate surface area is 266 Å². The van der Waals surface area contributed by atoms with Crippen molar-refractivity contribution in [3.8, 4) is 28.7 Å². The van der Waals surface area contributed by atoms with Crippen molar-refractivity contribution < 1.29 is 42.7 Å². The summed E-state index contributed by atoms with van der Waals surface area (Å²) in [6.07, 6.45) is 13.0. The summed E-state index contributed by atoms with van der Waals surface area (Å²) in [5, 5.41) is 0. The van der Waals surface area contributed by atoms with E-state index in [0.717, 1.165) is 36.0 Å². The monoisotopic (exact) mass is 624 g/mol. The van der Waals surface area contributed by atoms with Crippen molar-refractivity contribution in [2.45, 2.75) is 96.0 Å². The van der Waals surface area contributed by atoms with Gasteiger partial charge in [-0.25, -0.2) is 0 Å². The highest BCUT2D eigenvalue weighted by molar-refractivity contribution is 5.79. The second-order valence-electron chi connectivity index (χ2n) is 12.3. The Morgan fingerprint density at radius 2 is 1.33 bits per heavy atom. The van der Waals surface area contributed by atoms with E-state index in [1.165, 1.54) is 51.4 Å². The Hall–Kier alpha value is -3.62. The van der Waals surface area contributed by atoms with E-state index in [2.05, 4.69) is 6.92 Å². The predicted molar refractivity (Wildman–Crippen MR) is 168 cm³/mol. The number of cyclic esters (lactones) is 1. The molecule has 0 radical (unpaired) electrons. The molecule has 1 fully saturated rings. The van der Waals surface area contributed by atoms with Gasteiger partial charge in [-0.05, 0) is 41.8 Å². The molecule has 0 spiro atoms. The lowest BCUT2D eigenvalue weighted by Crippen LogP contribution is -2.36. The SMILES string of the molecule is CCCCCCCCCCCCCC(=O)O[C@H]1c2cc3c(cc2[C@@H](c2cc(OC)c(OC)c(OC)c2)[C@H]2C(=O)OC[C@@H]21)OCO3. The van der Waals surface area contributed by atoms with E-state index in [0.29, 0.717) is 35.2 Å². The van der Waals surface area contributed by atoms with Crippen LogP contribution in [0.4, 0.5) is 0 Å². The van der Waals surface area contributed by atoms with Crippen molar-refractivity contribution in [3.63, 3.8) is 0 Å². The fourth-order valence-electron chi connectivity index (χ4n) is 7.08. The van der Waals surface area contributed by atoms with Gasteiger partial charge in [-0.3, -0.25) is 9.59 Å². The molecule has 4 atom stereocenters. The third kappa shape index (κ3) is 7.28. The molecule has 9 heteroatoms. The summed E-state index contributed by atoms with van der Waals surface area (Å²) in [6, 6.07) is 7.52. The topological polar surface area (TPSA) is 98.8 Å². The Balaban J connectivity index is 1.32. The van der Waals surface area contributed by atoms with E-state index in [9.17, 15) is 9.59 Å². The van der Waals surface area contributed by atoms with E-state index < -0.39 is 17.9 Å². The number of hydrogen-bond donors (Lipinski definition) is 0. The molecular weight excluding hydrogens is 576 g/mol. The molecule has 246 valence electrons. The van der Waals surface area contributed by atoms with Gasteiger partial charge in [0.05, 0.1) is 33.9 Å². The minimum Gasteiger partial charge on any atom is -0.493 e. The van der Waals surface area contributed by atoms with E-state index in [1.54, 1.807) is 21.3 Å². The van der Waals surface area contributed by atoms with Crippen molar-refractivity contribution in [2.24, 2.45) is 11.8 Å². The summed E-state index contributed by atoms with van der Waals surface area (Å²) in [5.74, 6) is 0.647. The van der Waals surface area contributed by atoms with E-state index in [4.69, 9.17) is 33.2 Å². The van der Waals surface area contributed by atoms with Gasteiger partial charge in [-0.15, -0.1) is 0 Å². The molecule has 0 N–H and O–H groups in total. The second-order valence-corrected chi connectivity index (χ2v) is 12.3. The molecule has 3 aliphatic rings. The van der Waals surface area contributed by atoms with E-state index in [1.807, 2.05) is 24.3 Å². The maximum absolute atomic E-state index is 13.4. The lowest BCUT2D eigenvalue weighted by atomic mass is 9.66. The molecule has 45 heavy (non-hydrogen) atoms. The minimum atomic E-state index is -0.649. The zero-order chi connectivity index (χ0) is 31.8. The molecule has 9 nitrogen and oxygen atoms in total. The predicted octanol–water partition coefficient (Wildman–Crippen LogP) is 7.66. The van der Waals surface area contributed by atoms with Crippen LogP contribution in [0.2, 0.25) is 0 Å². The van der Waals surface area contributed by atoms with Crippen LogP contribution in [0.15, 0.2) is 24.3 Å². The average molecular weight is 625 g/mol. The largest absolute Gasteiger partial charge is 0.493 e. The highest BCUT2D eigenvalue weighted by atomic mass is 16.7. The lowest BCUT2D eigenvalue weighted by Gasteiger charge is -2.38. The number of rotatable bonds is 17. The summed E-state index contributed by atoms with van der Waals surface area (Å²) < 4.78 is 40.1. The maximum Gasteiger partial charge on any atom is 0.310 e. The van der Waals surface area contributed by atoms with Crippen molar-refractivity contribution in [2.75, 3.05) is 34.7 Å². The Bertz CT molecular complexity index is 1300. The molecule has 1 aliphatic carbocycles. The number of carbonyl (C=O) groups is 2. The van der Waals surface area contributed by atoms with Gasteiger partial charge in [0.15, 0.2) is 23.0 Å². The van der Waals surface area contributed by atoms with Gasteiger partial charge in [-0.2, -0.15) is 0 Å². The molecule has 2 aromatic rings. The van der Waals surface area contributed by atoms with Crippen LogP contribution in [0.1, 0.15) is 113 Å². The quantitative estimate of drug-likeness (QED) is 0.130. The number of carbonyl (C=O) groups excluding carboxylic acids is 2. The molecule has 0 saturated carbocycles. The van der Waals surface area contributed by atoms with Crippen LogP contribution in [0.5, 0.6) is 28.7 Å². The fraction of sp³-hybridized carbons (Fsp3) is 0.611. The minimum absolute atomic E-state index is 0.102. The maximum atomic E-state index is 13.4. The number of methoxy groups -OCH3 is 3. The normalized spacial score (nSPS) is 21.1. The van der Waals surface area contributed by atoms with Gasteiger partial charge < -0.3 is 33.2 Å². The van der Waals surface area contributed by atoms with E-state index >= 15 is 0 Å². The van der Waals surface area contributed by atoms with Crippen molar-refractivity contribution in [1.29, 1.82) is 0 Å². The lowest BCUT2D eigenvalue weighted by molar-refractivity contribution is -0.154. The van der Waals surface area contributed by atoms with Crippen LogP contribution >= 0.6 is 0 Å². The van der Waals surface area contributed by atoms with Crippen LogP contribution in [0.3, 0.4) is 0 Å². The zero-order valence-corrected chi connectivity index (χ0v) is 27.2.